The molecule has 2 aromatic rings. The van der Waals surface area contributed by atoms with E-state index in [1.807, 2.05) is 6.92 Å². The lowest BCUT2D eigenvalue weighted by atomic mass is 10.3. The highest BCUT2D eigenvalue weighted by molar-refractivity contribution is 5.92. The molecule has 7 nitrogen and oxygen atoms in total. The zero-order valence-electron chi connectivity index (χ0n) is 10.2. The van der Waals surface area contributed by atoms with Crippen LogP contribution in [0.3, 0.4) is 0 Å². The maximum atomic E-state index is 11.6. The number of hydrogen-bond acceptors (Lipinski definition) is 4. The van der Waals surface area contributed by atoms with Crippen LogP contribution >= 0.6 is 0 Å². The Balaban J connectivity index is 2.32. The molecule has 19 heavy (non-hydrogen) atoms. The minimum absolute atomic E-state index is 0.0589. The lowest BCUT2D eigenvalue weighted by molar-refractivity contribution is 0.0689. The van der Waals surface area contributed by atoms with Gasteiger partial charge in [-0.05, 0) is 25.1 Å². The normalized spacial score (nSPS) is 10.2. The molecule has 0 spiro atoms. The zero-order valence-corrected chi connectivity index (χ0v) is 10.2. The Labute approximate surface area is 108 Å². The van der Waals surface area contributed by atoms with Gasteiger partial charge in [-0.25, -0.2) is 9.48 Å². The van der Waals surface area contributed by atoms with Crippen molar-refractivity contribution in [3.63, 3.8) is 0 Å². The molecular weight excluding hydrogens is 248 g/mol. The summed E-state index contributed by atoms with van der Waals surface area (Å²) in [5.74, 6) is -1.38. The van der Waals surface area contributed by atoms with Crippen LogP contribution in [0.15, 0.2) is 30.6 Å². The summed E-state index contributed by atoms with van der Waals surface area (Å²) in [5, 5.41) is 15.3. The number of aromatic carboxylic acids is 1. The minimum atomic E-state index is -1.10. The summed E-state index contributed by atoms with van der Waals surface area (Å²) in [7, 11) is 0. The molecule has 0 atom stereocenters. The van der Waals surface area contributed by atoms with Crippen LogP contribution < -0.4 is 5.32 Å². The van der Waals surface area contributed by atoms with Gasteiger partial charge in [-0.1, -0.05) is 0 Å². The highest BCUT2D eigenvalue weighted by Crippen LogP contribution is 2.08. The van der Waals surface area contributed by atoms with Crippen molar-refractivity contribution in [1.82, 2.24) is 20.1 Å². The Morgan fingerprint density at radius 2 is 2.16 bits per heavy atom. The fraction of sp³-hybridized carbons (Fsp3) is 0.167. The number of carboxylic acids is 1. The molecule has 0 saturated carbocycles. The Hall–Kier alpha value is -2.70. The van der Waals surface area contributed by atoms with Gasteiger partial charge in [0.2, 0.25) is 0 Å². The van der Waals surface area contributed by atoms with Crippen molar-refractivity contribution in [2.24, 2.45) is 0 Å². The summed E-state index contributed by atoms with van der Waals surface area (Å²) < 4.78 is 1.38. The van der Waals surface area contributed by atoms with E-state index >= 15 is 0 Å². The first kappa shape index (κ1) is 12.7. The summed E-state index contributed by atoms with van der Waals surface area (Å²) in [4.78, 5) is 26.4. The maximum Gasteiger partial charge on any atom is 0.356 e. The predicted octanol–water partition coefficient (Wildman–Crippen LogP) is 0.715. The van der Waals surface area contributed by atoms with Crippen LogP contribution in [0.4, 0.5) is 0 Å². The lowest BCUT2D eigenvalue weighted by Gasteiger charge is -2.04. The van der Waals surface area contributed by atoms with Crippen molar-refractivity contribution in [3.05, 3.63) is 42.0 Å². The van der Waals surface area contributed by atoms with Gasteiger partial charge < -0.3 is 10.4 Å². The molecular formula is C12H12N4O3. The molecule has 0 radical (unpaired) electrons. The van der Waals surface area contributed by atoms with Gasteiger partial charge in [0.05, 0.1) is 5.69 Å². The number of amides is 1. The van der Waals surface area contributed by atoms with Crippen molar-refractivity contribution in [2.45, 2.75) is 6.92 Å². The predicted molar refractivity (Wildman–Crippen MR) is 66.3 cm³/mol. The molecule has 7 heteroatoms. The molecule has 0 aliphatic heterocycles. The second-order valence-corrected chi connectivity index (χ2v) is 3.71. The number of nitrogens with zero attached hydrogens (tertiary/aromatic N) is 3. The van der Waals surface area contributed by atoms with Crippen molar-refractivity contribution < 1.29 is 14.7 Å². The van der Waals surface area contributed by atoms with E-state index in [2.05, 4.69) is 15.4 Å². The molecule has 2 N–H and O–H groups in total. The van der Waals surface area contributed by atoms with E-state index in [4.69, 9.17) is 5.11 Å². The fourth-order valence-electron chi connectivity index (χ4n) is 1.52. The molecule has 0 aliphatic rings. The molecule has 2 aromatic heterocycles. The monoisotopic (exact) mass is 260 g/mol. The molecule has 0 fully saturated rings. The van der Waals surface area contributed by atoms with Gasteiger partial charge in [0.1, 0.15) is 5.69 Å². The minimum Gasteiger partial charge on any atom is -0.476 e. The second-order valence-electron chi connectivity index (χ2n) is 3.71. The number of aromatic nitrogens is 3. The van der Waals surface area contributed by atoms with Crippen LogP contribution in [0, 0.1) is 0 Å². The van der Waals surface area contributed by atoms with Crippen molar-refractivity contribution in [1.29, 1.82) is 0 Å². The Kier molecular flexibility index (Phi) is 3.56. The van der Waals surface area contributed by atoms with E-state index < -0.39 is 5.97 Å². The maximum absolute atomic E-state index is 11.6. The van der Waals surface area contributed by atoms with Gasteiger partial charge in [0, 0.05) is 18.9 Å². The van der Waals surface area contributed by atoms with Crippen LogP contribution in [-0.2, 0) is 0 Å². The highest BCUT2D eigenvalue weighted by atomic mass is 16.4. The molecule has 0 aromatic carbocycles. The lowest BCUT2D eigenvalue weighted by Crippen LogP contribution is -2.23. The third kappa shape index (κ3) is 2.76. The SMILES string of the molecule is CCNC(=O)c1cc(-n2ccc(C(=O)O)n2)ccn1. The van der Waals surface area contributed by atoms with Crippen LogP contribution in [0.5, 0.6) is 0 Å². The molecule has 2 heterocycles. The van der Waals surface area contributed by atoms with E-state index in [9.17, 15) is 9.59 Å². The quantitative estimate of drug-likeness (QED) is 0.844. The smallest absolute Gasteiger partial charge is 0.356 e. The Morgan fingerprint density at radius 1 is 1.37 bits per heavy atom. The van der Waals surface area contributed by atoms with Crippen molar-refractivity contribution in [2.75, 3.05) is 6.54 Å². The van der Waals surface area contributed by atoms with Gasteiger partial charge in [0.15, 0.2) is 5.69 Å². The summed E-state index contributed by atoms with van der Waals surface area (Å²) >= 11 is 0. The van der Waals surface area contributed by atoms with E-state index in [-0.39, 0.29) is 17.3 Å². The van der Waals surface area contributed by atoms with Gasteiger partial charge in [0.25, 0.3) is 5.91 Å². The number of carbonyl (C=O) groups is 2. The summed E-state index contributed by atoms with van der Waals surface area (Å²) in [5.41, 5.74) is 0.770. The number of pyridine rings is 1. The average Bonchev–Trinajstić information content (AvgIpc) is 2.89. The molecule has 0 bridgehead atoms. The Bertz CT molecular complexity index is 621. The average molecular weight is 260 g/mol. The van der Waals surface area contributed by atoms with Gasteiger partial charge in [-0.3, -0.25) is 9.78 Å². The molecule has 98 valence electrons. The molecule has 0 saturated heterocycles. The molecule has 0 unspecified atom stereocenters. The third-order valence-corrected chi connectivity index (χ3v) is 2.39. The van der Waals surface area contributed by atoms with E-state index in [1.54, 1.807) is 12.1 Å². The Morgan fingerprint density at radius 3 is 2.79 bits per heavy atom. The topological polar surface area (TPSA) is 97.1 Å². The van der Waals surface area contributed by atoms with Crippen molar-refractivity contribution >= 4 is 11.9 Å². The first-order valence-electron chi connectivity index (χ1n) is 5.65. The third-order valence-electron chi connectivity index (χ3n) is 2.39. The fourth-order valence-corrected chi connectivity index (χ4v) is 1.52. The summed E-state index contributed by atoms with van der Waals surface area (Å²) in [6, 6.07) is 4.57. The van der Waals surface area contributed by atoms with Crippen LogP contribution in [0.25, 0.3) is 5.69 Å². The highest BCUT2D eigenvalue weighted by Gasteiger charge is 2.10. The summed E-state index contributed by atoms with van der Waals surface area (Å²) in [6.45, 7) is 2.32. The van der Waals surface area contributed by atoms with Crippen molar-refractivity contribution in [3.8, 4) is 5.69 Å². The molecule has 2 rings (SSSR count). The van der Waals surface area contributed by atoms with E-state index in [0.29, 0.717) is 12.2 Å². The number of hydrogen-bond donors (Lipinski definition) is 2. The van der Waals surface area contributed by atoms with Crippen LogP contribution in [0.2, 0.25) is 0 Å². The first-order chi connectivity index (χ1) is 9.11. The van der Waals surface area contributed by atoms with Gasteiger partial charge in [-0.2, -0.15) is 5.10 Å². The number of rotatable bonds is 4. The molecule has 1 amide bonds. The standard InChI is InChI=1S/C12H12N4O3/c1-2-13-11(17)10-7-8(3-5-14-10)16-6-4-9(15-16)12(18)19/h3-7H,2H2,1H3,(H,13,17)(H,18,19). The summed E-state index contributed by atoms with van der Waals surface area (Å²) in [6.07, 6.45) is 2.99. The van der Waals surface area contributed by atoms with Gasteiger partial charge in [-0.15, -0.1) is 0 Å². The first-order valence-corrected chi connectivity index (χ1v) is 5.65. The zero-order chi connectivity index (χ0) is 13.8. The molecule has 0 aliphatic carbocycles. The van der Waals surface area contributed by atoms with Crippen LogP contribution in [-0.4, -0.2) is 38.3 Å². The van der Waals surface area contributed by atoms with E-state index in [1.165, 1.54) is 23.1 Å². The number of carbonyl (C=O) groups excluding carboxylic acids is 1. The van der Waals surface area contributed by atoms with E-state index in [0.717, 1.165) is 0 Å². The largest absolute Gasteiger partial charge is 0.476 e. The number of carboxylic acid groups (broad SMARTS) is 1. The van der Waals surface area contributed by atoms with Crippen LogP contribution in [0.1, 0.15) is 27.9 Å². The van der Waals surface area contributed by atoms with Gasteiger partial charge >= 0.3 is 5.97 Å². The number of nitrogens with one attached hydrogen (secondary N) is 1. The second kappa shape index (κ2) is 5.30.